The van der Waals surface area contributed by atoms with Crippen LogP contribution in [0.4, 0.5) is 8.78 Å². The molecule has 29 heteroatoms. The van der Waals surface area contributed by atoms with Crippen molar-refractivity contribution >= 4 is 65.1 Å². The van der Waals surface area contributed by atoms with Crippen LogP contribution in [-0.4, -0.2) is 199 Å². The summed E-state index contributed by atoms with van der Waals surface area (Å²) in [6.45, 7) is 3.74. The summed E-state index contributed by atoms with van der Waals surface area (Å²) in [7, 11) is 0. The fraction of sp³-hybridized carbons (Fsp3) is 0.491. The van der Waals surface area contributed by atoms with Crippen LogP contribution in [0.1, 0.15) is 76.6 Å². The van der Waals surface area contributed by atoms with E-state index in [0.29, 0.717) is 5.69 Å². The molecular weight excluding hydrogens is 1140 g/mol. The predicted molar refractivity (Wildman–Crippen MR) is 299 cm³/mol. The van der Waals surface area contributed by atoms with E-state index in [9.17, 15) is 67.3 Å². The SMILES string of the molecule is [2H]N(CCC(=O)N[C@@H](CCC(=O)O)C(=O)O)C(=O)[C@H](CCN(C(=O)CO)[C@@H](c1cc(-c2cc(F)ccc2F)cn1Cc1ccccc1)C(C)(C)C)NC(=O)[C@H](CC(N)=O)NC(=O)CCOCCOCCOCCOCCNC(=O)CN1C(=O)C=CC1=O. The number of imide groups is 1. The van der Waals surface area contributed by atoms with Gasteiger partial charge in [-0.2, -0.15) is 0 Å². The molecule has 10 N–H and O–H groups in total. The molecule has 0 saturated carbocycles. The average molecular weight is 1210 g/mol. The highest BCUT2D eigenvalue weighted by molar-refractivity contribution is 6.14. The number of benzene rings is 2. The molecule has 0 fully saturated rings. The number of nitrogens with one attached hydrogen (secondary N) is 5. The maximum atomic E-state index is 15.4. The molecule has 1 aliphatic rings. The Morgan fingerprint density at radius 3 is 1.91 bits per heavy atom. The van der Waals surface area contributed by atoms with Gasteiger partial charge in [-0.1, -0.05) is 51.1 Å². The van der Waals surface area contributed by atoms with Crippen LogP contribution in [-0.2, 0) is 78.2 Å². The molecule has 1 aliphatic heterocycles. The van der Waals surface area contributed by atoms with Crippen LogP contribution in [0.3, 0.4) is 0 Å². The number of aromatic nitrogens is 1. The number of amides is 9. The Morgan fingerprint density at radius 1 is 0.709 bits per heavy atom. The number of ether oxygens (including phenoxy) is 4. The molecule has 0 aliphatic carbocycles. The maximum Gasteiger partial charge on any atom is 0.326 e. The number of primary amides is 1. The molecule has 470 valence electrons. The van der Waals surface area contributed by atoms with Gasteiger partial charge in [0.1, 0.15) is 42.9 Å². The molecule has 9 amide bonds. The Hall–Kier alpha value is -8.51. The third kappa shape index (κ3) is 24.2. The van der Waals surface area contributed by atoms with E-state index in [0.717, 1.165) is 40.8 Å². The van der Waals surface area contributed by atoms with E-state index in [-0.39, 0.29) is 88.8 Å². The van der Waals surface area contributed by atoms with Gasteiger partial charge in [0.25, 0.3) is 11.8 Å². The smallest absolute Gasteiger partial charge is 0.326 e. The Kier molecular flexibility index (Phi) is 28.3. The molecule has 0 spiro atoms. The first-order valence-electron chi connectivity index (χ1n) is 27.9. The monoisotopic (exact) mass is 1210 g/mol. The number of hydrogen-bond acceptors (Lipinski definition) is 16. The van der Waals surface area contributed by atoms with E-state index < -0.39 is 165 Å². The second-order valence-corrected chi connectivity index (χ2v) is 20.6. The number of carbonyl (C=O) groups is 11. The van der Waals surface area contributed by atoms with Crippen molar-refractivity contribution in [1.82, 2.24) is 40.9 Å². The normalized spacial score (nSPS) is 13.7. The van der Waals surface area contributed by atoms with Gasteiger partial charge in [0.15, 0.2) is 1.41 Å². The number of rotatable bonds is 40. The summed E-state index contributed by atoms with van der Waals surface area (Å²) in [5.41, 5.74) is 5.80. The van der Waals surface area contributed by atoms with E-state index in [1.807, 2.05) is 12.1 Å². The number of aliphatic hydroxyl groups excluding tert-OH is 1. The van der Waals surface area contributed by atoms with Crippen molar-refractivity contribution in [3.8, 4) is 11.1 Å². The van der Waals surface area contributed by atoms with Gasteiger partial charge in [-0.05, 0) is 48.1 Å². The molecule has 0 saturated heterocycles. The van der Waals surface area contributed by atoms with Crippen molar-refractivity contribution in [3.63, 3.8) is 0 Å². The third-order valence-corrected chi connectivity index (χ3v) is 12.8. The third-order valence-electron chi connectivity index (χ3n) is 12.8. The van der Waals surface area contributed by atoms with Gasteiger partial charge in [-0.15, -0.1) is 0 Å². The minimum absolute atomic E-state index is 0.0291. The second-order valence-electron chi connectivity index (χ2n) is 20.6. The van der Waals surface area contributed by atoms with Crippen molar-refractivity contribution < 1.29 is 97.2 Å². The van der Waals surface area contributed by atoms with Crippen molar-refractivity contribution in [3.05, 3.63) is 95.8 Å². The lowest BCUT2D eigenvalue weighted by Gasteiger charge is -2.41. The molecule has 27 nitrogen and oxygen atoms in total. The Morgan fingerprint density at radius 2 is 1.31 bits per heavy atom. The van der Waals surface area contributed by atoms with Gasteiger partial charge in [0, 0.05) is 80.6 Å². The number of nitrogens with two attached hydrogens (primary N) is 1. The van der Waals surface area contributed by atoms with Crippen LogP contribution < -0.4 is 32.3 Å². The highest BCUT2D eigenvalue weighted by Gasteiger charge is 2.39. The van der Waals surface area contributed by atoms with Crippen molar-refractivity contribution in [1.29, 1.82) is 0 Å². The van der Waals surface area contributed by atoms with Crippen molar-refractivity contribution in [2.24, 2.45) is 11.1 Å². The first-order valence-corrected chi connectivity index (χ1v) is 27.4. The molecule has 0 unspecified atom stereocenters. The first-order chi connectivity index (χ1) is 41.3. The molecule has 4 rings (SSSR count). The molecule has 0 bridgehead atoms. The van der Waals surface area contributed by atoms with E-state index >= 15 is 4.39 Å². The standard InChI is InChI=1S/C57H75F2N9O18/c1-57(2,3)53(44-29-37(39-30-38(58)9-10-40(39)59)33-66(44)32-36-7-5-4-6-8-36)67(51(76)35-69)20-16-41(54(79)62-18-15-46(71)63-42(56(81)82)11-14-52(77)78)65-55(80)43(31-45(60)70)64-47(72)17-21-83-23-25-85-27-28-86-26-24-84-22-19-61-48(73)34-68-49(74)12-13-50(68)75/h4-10,12-13,29-30,33,41-43,53,69H,11,14-28,31-32,34-35H2,1-3H3,(H2,60,70)(H,61,73)(H,62,79)(H,63,71)(H,64,72)(H,65,80)(H,77,78)(H,81,82)/t41-,42-,43-,53-/m0/s1/i/hD. The number of carbonyl (C=O) groups excluding carboxylic acids is 9. The Bertz CT molecular complexity index is 2890. The zero-order valence-electron chi connectivity index (χ0n) is 49.0. The first kappa shape index (κ1) is 68.3. The fourth-order valence-corrected chi connectivity index (χ4v) is 8.72. The lowest BCUT2D eigenvalue weighted by molar-refractivity contribution is -0.143. The second kappa shape index (κ2) is 35.7. The van der Waals surface area contributed by atoms with Gasteiger partial charge in [-0.25, -0.2) is 13.6 Å². The highest BCUT2D eigenvalue weighted by atomic mass is 19.1. The van der Waals surface area contributed by atoms with Crippen LogP contribution in [0.2, 0.25) is 1.41 Å². The molecule has 1 aromatic heterocycles. The zero-order valence-corrected chi connectivity index (χ0v) is 48.0. The predicted octanol–water partition coefficient (Wildman–Crippen LogP) is 0.0630. The van der Waals surface area contributed by atoms with Crippen molar-refractivity contribution in [2.45, 2.75) is 90.0 Å². The maximum absolute atomic E-state index is 15.4. The lowest BCUT2D eigenvalue weighted by Crippen LogP contribution is -2.56. The van der Waals surface area contributed by atoms with Gasteiger partial charge < -0.3 is 76.0 Å². The fourth-order valence-electron chi connectivity index (χ4n) is 8.72. The molecular formula is C57H75F2N9O18. The number of carboxylic acids is 2. The molecule has 4 atom stereocenters. The quantitative estimate of drug-likeness (QED) is 0.0269. The van der Waals surface area contributed by atoms with Crippen LogP contribution in [0, 0.1) is 17.0 Å². The molecule has 2 heterocycles. The number of aliphatic hydroxyl groups is 1. The number of halogens is 2. The number of aliphatic carboxylic acids is 2. The molecule has 3 aromatic rings. The summed E-state index contributed by atoms with van der Waals surface area (Å²) in [5.74, 6) is -12.1. The Balaban J connectivity index is 1.44. The van der Waals surface area contributed by atoms with Gasteiger partial charge in [0.2, 0.25) is 41.4 Å². The summed E-state index contributed by atoms with van der Waals surface area (Å²) < 4.78 is 62.2. The summed E-state index contributed by atoms with van der Waals surface area (Å²) >= 11 is 0. The number of hydrogen-bond donors (Lipinski definition) is 9. The summed E-state index contributed by atoms with van der Waals surface area (Å²) in [6, 6.07) is 7.29. The van der Waals surface area contributed by atoms with Crippen LogP contribution >= 0.6 is 0 Å². The summed E-state index contributed by atoms with van der Waals surface area (Å²) in [6.07, 6.45) is 0.264. The minimum Gasteiger partial charge on any atom is -0.481 e. The summed E-state index contributed by atoms with van der Waals surface area (Å²) in [5, 5.41) is 38.8. The van der Waals surface area contributed by atoms with E-state index in [2.05, 4.69) is 21.3 Å². The van der Waals surface area contributed by atoms with Crippen LogP contribution in [0.25, 0.3) is 11.1 Å². The van der Waals surface area contributed by atoms with Gasteiger partial charge >= 0.3 is 11.9 Å². The van der Waals surface area contributed by atoms with Crippen molar-refractivity contribution in [2.75, 3.05) is 85.6 Å². The molecule has 86 heavy (non-hydrogen) atoms. The molecule has 0 radical (unpaired) electrons. The van der Waals surface area contributed by atoms with E-state index in [1.165, 1.54) is 4.90 Å². The van der Waals surface area contributed by atoms with E-state index in [1.54, 1.807) is 55.8 Å². The topological polar surface area (TPSA) is 383 Å². The minimum atomic E-state index is -1.81. The van der Waals surface area contributed by atoms with E-state index in [4.69, 9.17) is 31.2 Å². The Labute approximate surface area is 495 Å². The molecule has 2 aromatic carbocycles. The zero-order chi connectivity index (χ0) is 64.2. The largest absolute Gasteiger partial charge is 0.481 e. The highest BCUT2D eigenvalue weighted by Crippen LogP contribution is 2.41. The van der Waals surface area contributed by atoms with Crippen LogP contribution in [0.15, 0.2) is 72.9 Å². The lowest BCUT2D eigenvalue weighted by atomic mass is 9.82. The average Bonchev–Trinajstić information content (AvgIpc) is 1.85. The number of nitrogens with zero attached hydrogens (tertiary/aromatic N) is 3. The van der Waals surface area contributed by atoms with Crippen LogP contribution in [0.5, 0.6) is 0 Å². The van der Waals surface area contributed by atoms with Gasteiger partial charge in [0.05, 0.1) is 65.3 Å². The summed E-state index contributed by atoms with van der Waals surface area (Å²) in [4.78, 5) is 141. The number of carboxylic acid groups (broad SMARTS) is 2. The van der Waals surface area contributed by atoms with Gasteiger partial charge in [-0.3, -0.25) is 52.8 Å².